The molecule has 3 heteroatoms. The van der Waals surface area contributed by atoms with Gasteiger partial charge in [-0.15, -0.1) is 0 Å². The second-order valence-electron chi connectivity index (χ2n) is 5.13. The molecule has 2 nitrogen and oxygen atoms in total. The topological polar surface area (TPSA) is 15.3 Å². The molecule has 108 valence electrons. The first kappa shape index (κ1) is 16.5. The highest BCUT2D eigenvalue weighted by Crippen LogP contribution is 2.11. The van der Waals surface area contributed by atoms with Gasteiger partial charge in [0.1, 0.15) is 0 Å². The van der Waals surface area contributed by atoms with E-state index in [1.165, 1.54) is 37.8 Å². The average Bonchev–Trinajstić information content (AvgIpc) is 2.40. The Hall–Kier alpha value is -0.570. The van der Waals surface area contributed by atoms with E-state index >= 15 is 0 Å². The van der Waals surface area contributed by atoms with E-state index in [-0.39, 0.29) is 0 Å². The highest BCUT2D eigenvalue weighted by molar-refractivity contribution is 6.30. The lowest BCUT2D eigenvalue weighted by molar-refractivity contribution is 0.316. The third-order valence-electron chi connectivity index (χ3n) is 3.26. The molecule has 0 heterocycles. The number of benzene rings is 1. The Morgan fingerprint density at radius 3 is 2.42 bits per heavy atom. The second-order valence-corrected chi connectivity index (χ2v) is 5.57. The zero-order valence-corrected chi connectivity index (χ0v) is 13.0. The number of nitrogens with zero attached hydrogens (tertiary/aromatic N) is 1. The van der Waals surface area contributed by atoms with Gasteiger partial charge < -0.3 is 10.2 Å². The summed E-state index contributed by atoms with van der Waals surface area (Å²) in [4.78, 5) is 2.38. The van der Waals surface area contributed by atoms with Crippen LogP contribution in [0.2, 0.25) is 5.02 Å². The Bertz CT molecular complexity index is 324. The molecule has 0 amide bonds. The van der Waals surface area contributed by atoms with Gasteiger partial charge in [-0.05, 0) is 57.2 Å². The first-order chi connectivity index (χ1) is 9.22. The van der Waals surface area contributed by atoms with E-state index in [0.29, 0.717) is 0 Å². The van der Waals surface area contributed by atoms with Crippen LogP contribution in [0.15, 0.2) is 24.3 Å². The molecule has 1 N–H and O–H groups in total. The maximum absolute atomic E-state index is 5.88. The van der Waals surface area contributed by atoms with Crippen LogP contribution in [-0.4, -0.2) is 31.6 Å². The fourth-order valence-electron chi connectivity index (χ4n) is 2.14. The number of unbranched alkanes of at least 4 members (excludes halogenated alkanes) is 3. The summed E-state index contributed by atoms with van der Waals surface area (Å²) in [7, 11) is 2.19. The summed E-state index contributed by atoms with van der Waals surface area (Å²) in [6.07, 6.45) is 5.25. The zero-order chi connectivity index (χ0) is 13.9. The molecule has 0 aromatic heterocycles. The molecular weight excluding hydrogens is 256 g/mol. The molecule has 0 radical (unpaired) electrons. The van der Waals surface area contributed by atoms with Gasteiger partial charge in [0.15, 0.2) is 0 Å². The van der Waals surface area contributed by atoms with Crippen LogP contribution in [0, 0.1) is 0 Å². The molecule has 0 aliphatic carbocycles. The fraction of sp³-hybridized carbons (Fsp3) is 0.625. The van der Waals surface area contributed by atoms with E-state index in [0.717, 1.165) is 24.7 Å². The highest BCUT2D eigenvalue weighted by Gasteiger charge is 2.00. The van der Waals surface area contributed by atoms with Gasteiger partial charge in [-0.1, -0.05) is 43.5 Å². The molecule has 0 saturated carbocycles. The van der Waals surface area contributed by atoms with Gasteiger partial charge in [0, 0.05) is 11.6 Å². The maximum atomic E-state index is 5.88. The molecular formula is C16H27ClN2. The van der Waals surface area contributed by atoms with Gasteiger partial charge in [0.05, 0.1) is 0 Å². The number of rotatable bonds is 10. The van der Waals surface area contributed by atoms with Crippen molar-refractivity contribution in [2.24, 2.45) is 0 Å². The van der Waals surface area contributed by atoms with E-state index in [4.69, 9.17) is 11.6 Å². The van der Waals surface area contributed by atoms with Crippen LogP contribution < -0.4 is 5.32 Å². The predicted molar refractivity (Wildman–Crippen MR) is 84.8 cm³/mol. The van der Waals surface area contributed by atoms with E-state index in [2.05, 4.69) is 36.3 Å². The van der Waals surface area contributed by atoms with Crippen LogP contribution in [0.4, 0.5) is 0 Å². The minimum atomic E-state index is 0.812. The lowest BCUT2D eigenvalue weighted by Crippen LogP contribution is -2.19. The lowest BCUT2D eigenvalue weighted by Gasteiger charge is -2.16. The van der Waals surface area contributed by atoms with Gasteiger partial charge in [-0.2, -0.15) is 0 Å². The van der Waals surface area contributed by atoms with E-state index < -0.39 is 0 Å². The predicted octanol–water partition coefficient (Wildman–Crippen LogP) is 3.94. The Labute approximate surface area is 123 Å². The van der Waals surface area contributed by atoms with Crippen LogP contribution in [0.25, 0.3) is 0 Å². The van der Waals surface area contributed by atoms with Crippen molar-refractivity contribution in [3.63, 3.8) is 0 Å². The van der Waals surface area contributed by atoms with Crippen molar-refractivity contribution in [1.29, 1.82) is 0 Å². The Kier molecular flexibility index (Phi) is 8.89. The molecule has 19 heavy (non-hydrogen) atoms. The summed E-state index contributed by atoms with van der Waals surface area (Å²) >= 11 is 5.88. The third-order valence-corrected chi connectivity index (χ3v) is 3.51. The van der Waals surface area contributed by atoms with Crippen molar-refractivity contribution in [3.05, 3.63) is 34.9 Å². The molecule has 0 atom stereocenters. The quantitative estimate of drug-likeness (QED) is 0.654. The number of nitrogens with one attached hydrogen (secondary N) is 1. The van der Waals surface area contributed by atoms with Crippen LogP contribution >= 0.6 is 11.6 Å². The van der Waals surface area contributed by atoms with Crippen LogP contribution in [0.1, 0.15) is 38.2 Å². The maximum Gasteiger partial charge on any atom is 0.0406 e. The molecule has 1 aromatic rings. The number of hydrogen-bond donors (Lipinski definition) is 1. The number of hydrogen-bond acceptors (Lipinski definition) is 2. The van der Waals surface area contributed by atoms with Crippen LogP contribution in [-0.2, 0) is 6.54 Å². The molecule has 0 aliphatic rings. The molecule has 0 bridgehead atoms. The summed E-state index contributed by atoms with van der Waals surface area (Å²) < 4.78 is 0. The SMILES string of the molecule is CCNCCCCCCN(C)Cc1ccc(Cl)cc1. The summed E-state index contributed by atoms with van der Waals surface area (Å²) in [6.45, 7) is 6.59. The Balaban J connectivity index is 2.04. The summed E-state index contributed by atoms with van der Waals surface area (Å²) in [5, 5.41) is 4.18. The van der Waals surface area contributed by atoms with Gasteiger partial charge in [0.2, 0.25) is 0 Å². The third kappa shape index (κ3) is 8.25. The zero-order valence-electron chi connectivity index (χ0n) is 12.3. The molecule has 0 unspecified atom stereocenters. The standard InChI is InChI=1S/C16H27ClN2/c1-3-18-12-6-4-5-7-13-19(2)14-15-8-10-16(17)11-9-15/h8-11,18H,3-7,12-14H2,1-2H3. The molecule has 0 aliphatic heterocycles. The van der Waals surface area contributed by atoms with E-state index in [1.54, 1.807) is 0 Å². The minimum Gasteiger partial charge on any atom is -0.317 e. The van der Waals surface area contributed by atoms with E-state index in [1.807, 2.05) is 12.1 Å². The molecule has 0 spiro atoms. The summed E-state index contributed by atoms with van der Waals surface area (Å²) in [6, 6.07) is 8.14. The molecule has 0 fully saturated rings. The molecule has 1 rings (SSSR count). The van der Waals surface area contributed by atoms with Gasteiger partial charge >= 0.3 is 0 Å². The first-order valence-electron chi connectivity index (χ1n) is 7.36. The van der Waals surface area contributed by atoms with Crippen LogP contribution in [0.5, 0.6) is 0 Å². The van der Waals surface area contributed by atoms with E-state index in [9.17, 15) is 0 Å². The second kappa shape index (κ2) is 10.2. The van der Waals surface area contributed by atoms with Crippen molar-refractivity contribution in [2.75, 3.05) is 26.7 Å². The van der Waals surface area contributed by atoms with Gasteiger partial charge in [-0.25, -0.2) is 0 Å². The van der Waals surface area contributed by atoms with Crippen molar-refractivity contribution in [3.8, 4) is 0 Å². The minimum absolute atomic E-state index is 0.812. The largest absolute Gasteiger partial charge is 0.317 e. The van der Waals surface area contributed by atoms with Crippen molar-refractivity contribution in [2.45, 2.75) is 39.2 Å². The van der Waals surface area contributed by atoms with Crippen LogP contribution in [0.3, 0.4) is 0 Å². The lowest BCUT2D eigenvalue weighted by atomic mass is 10.1. The fourth-order valence-corrected chi connectivity index (χ4v) is 2.27. The van der Waals surface area contributed by atoms with Crippen molar-refractivity contribution >= 4 is 11.6 Å². The number of halogens is 1. The Morgan fingerprint density at radius 1 is 1.05 bits per heavy atom. The summed E-state index contributed by atoms with van der Waals surface area (Å²) in [5.74, 6) is 0. The Morgan fingerprint density at radius 2 is 1.74 bits per heavy atom. The summed E-state index contributed by atoms with van der Waals surface area (Å²) in [5.41, 5.74) is 1.33. The first-order valence-corrected chi connectivity index (χ1v) is 7.74. The smallest absolute Gasteiger partial charge is 0.0406 e. The molecule has 1 aromatic carbocycles. The normalized spacial score (nSPS) is 11.2. The van der Waals surface area contributed by atoms with Crippen molar-refractivity contribution < 1.29 is 0 Å². The van der Waals surface area contributed by atoms with Gasteiger partial charge in [-0.3, -0.25) is 0 Å². The average molecular weight is 283 g/mol. The van der Waals surface area contributed by atoms with Crippen molar-refractivity contribution in [1.82, 2.24) is 10.2 Å². The highest BCUT2D eigenvalue weighted by atomic mass is 35.5. The monoisotopic (exact) mass is 282 g/mol. The molecule has 0 saturated heterocycles. The van der Waals surface area contributed by atoms with Gasteiger partial charge in [0.25, 0.3) is 0 Å².